The predicted octanol–water partition coefficient (Wildman–Crippen LogP) is 7.24. The molecule has 0 unspecified atom stereocenters. The second-order valence-electron chi connectivity index (χ2n) is 11.3. The second kappa shape index (κ2) is 12.3. The summed E-state index contributed by atoms with van der Waals surface area (Å²) in [6.45, 7) is 7.76. The number of amides is 1. The van der Waals surface area contributed by atoms with Crippen molar-refractivity contribution in [2.45, 2.75) is 55.6 Å². The van der Waals surface area contributed by atoms with Gasteiger partial charge in [0.25, 0.3) is 0 Å². The first-order valence-corrected chi connectivity index (χ1v) is 15.0. The zero-order chi connectivity index (χ0) is 29.1. The van der Waals surface area contributed by atoms with Crippen LogP contribution in [0.1, 0.15) is 49.1 Å². The van der Waals surface area contributed by atoms with Crippen LogP contribution in [0.5, 0.6) is 5.75 Å². The molecule has 0 spiro atoms. The molecular weight excluding hydrogens is 561 g/mol. The number of halogens is 2. The highest BCUT2D eigenvalue weighted by Crippen LogP contribution is 2.42. The van der Waals surface area contributed by atoms with Crippen LogP contribution >= 0.6 is 23.4 Å². The van der Waals surface area contributed by atoms with Crippen molar-refractivity contribution >= 4 is 29.5 Å². The molecule has 1 heterocycles. The van der Waals surface area contributed by atoms with Crippen LogP contribution in [0.4, 0.5) is 9.18 Å². The monoisotopic (exact) mass is 593 g/mol. The van der Waals surface area contributed by atoms with Crippen LogP contribution in [0.15, 0.2) is 65.6 Å². The van der Waals surface area contributed by atoms with Gasteiger partial charge < -0.3 is 14.4 Å². The lowest BCUT2D eigenvalue weighted by atomic mass is 10.0. The normalized spacial score (nSPS) is 19.0. The van der Waals surface area contributed by atoms with Gasteiger partial charge in [-0.3, -0.25) is 4.90 Å². The molecule has 41 heavy (non-hydrogen) atoms. The van der Waals surface area contributed by atoms with Crippen molar-refractivity contribution in [1.29, 1.82) is 5.26 Å². The number of thioether (sulfide) groups is 1. The Morgan fingerprint density at radius 1 is 1.10 bits per heavy atom. The fourth-order valence-electron chi connectivity index (χ4n) is 5.33. The Hall–Kier alpha value is -3.25. The number of nitrogens with zero attached hydrogens (tertiary/aromatic N) is 3. The van der Waals surface area contributed by atoms with E-state index in [0.29, 0.717) is 43.2 Å². The van der Waals surface area contributed by atoms with Crippen LogP contribution in [0.3, 0.4) is 0 Å². The first-order chi connectivity index (χ1) is 19.6. The second-order valence-corrected chi connectivity index (χ2v) is 12.8. The number of benzene rings is 3. The summed E-state index contributed by atoms with van der Waals surface area (Å²) in [5, 5.41) is 10.3. The van der Waals surface area contributed by atoms with E-state index in [1.54, 1.807) is 28.8 Å². The fraction of sp³-hybridized carbons (Fsp3) is 0.375. The van der Waals surface area contributed by atoms with E-state index >= 15 is 4.39 Å². The SMILES string of the molecule is CC(C)(C)OC(=O)N1CCN([C@H]2Cc3c(C#N)cc(Cl)cc3[C@@H]2Oc2ccc(SCc3ccccc3)cc2F)CC1. The number of hydrogen-bond acceptors (Lipinski definition) is 6. The van der Waals surface area contributed by atoms with Crippen LogP contribution in [0.25, 0.3) is 0 Å². The summed E-state index contributed by atoms with van der Waals surface area (Å²) >= 11 is 7.96. The van der Waals surface area contributed by atoms with E-state index in [0.717, 1.165) is 21.8 Å². The number of rotatable bonds is 6. The van der Waals surface area contributed by atoms with Gasteiger partial charge in [0, 0.05) is 41.8 Å². The Kier molecular flexibility index (Phi) is 8.79. The summed E-state index contributed by atoms with van der Waals surface area (Å²) in [6, 6.07) is 20.7. The maximum atomic E-state index is 15.4. The molecule has 1 aliphatic heterocycles. The summed E-state index contributed by atoms with van der Waals surface area (Å²) in [5.74, 6) is 0.457. The maximum Gasteiger partial charge on any atom is 0.410 e. The Morgan fingerprint density at radius 3 is 2.49 bits per heavy atom. The minimum Gasteiger partial charge on any atom is -0.481 e. The van der Waals surface area contributed by atoms with Gasteiger partial charge in [-0.2, -0.15) is 5.26 Å². The van der Waals surface area contributed by atoms with Gasteiger partial charge in [-0.05, 0) is 74.2 Å². The van der Waals surface area contributed by atoms with Gasteiger partial charge >= 0.3 is 6.09 Å². The van der Waals surface area contributed by atoms with E-state index in [4.69, 9.17) is 21.1 Å². The minimum atomic E-state index is -0.563. The van der Waals surface area contributed by atoms with Gasteiger partial charge in [-0.1, -0.05) is 41.9 Å². The standard InChI is InChI=1S/C32H33ClFN3O3S/c1-32(2,3)40-31(38)37-13-11-36(12-14-37)28-18-25-22(19-35)15-23(33)16-26(25)30(28)39-29-10-9-24(17-27(29)34)41-20-21-7-5-4-6-8-21/h4-10,15-17,28,30H,11-14,18,20H2,1-3H3/t28-,30-/m0/s1. The van der Waals surface area contributed by atoms with E-state index in [1.807, 2.05) is 63.2 Å². The van der Waals surface area contributed by atoms with Crippen LogP contribution < -0.4 is 4.74 Å². The highest BCUT2D eigenvalue weighted by molar-refractivity contribution is 7.98. The molecule has 0 aromatic heterocycles. The number of ether oxygens (including phenoxy) is 2. The first-order valence-electron chi connectivity index (χ1n) is 13.7. The number of carbonyl (C=O) groups excluding carboxylic acids is 1. The quantitative estimate of drug-likeness (QED) is 0.281. The Balaban J connectivity index is 1.34. The molecule has 5 rings (SSSR count). The third-order valence-electron chi connectivity index (χ3n) is 7.28. The van der Waals surface area contributed by atoms with Crippen LogP contribution in [0.2, 0.25) is 5.02 Å². The van der Waals surface area contributed by atoms with Crippen molar-refractivity contribution in [3.8, 4) is 11.8 Å². The van der Waals surface area contributed by atoms with E-state index in [2.05, 4.69) is 11.0 Å². The molecule has 1 aliphatic carbocycles. The maximum absolute atomic E-state index is 15.4. The van der Waals surface area contributed by atoms with Gasteiger partial charge in [-0.25, -0.2) is 9.18 Å². The molecule has 214 valence electrons. The van der Waals surface area contributed by atoms with Crippen molar-refractivity contribution in [2.75, 3.05) is 26.2 Å². The molecule has 3 aromatic carbocycles. The van der Waals surface area contributed by atoms with Gasteiger partial charge in [0.15, 0.2) is 11.6 Å². The van der Waals surface area contributed by atoms with Crippen LogP contribution in [-0.4, -0.2) is 53.7 Å². The lowest BCUT2D eigenvalue weighted by Crippen LogP contribution is -2.54. The van der Waals surface area contributed by atoms with Crippen LogP contribution in [-0.2, 0) is 16.9 Å². The molecule has 2 atom stereocenters. The molecule has 1 amide bonds. The lowest BCUT2D eigenvalue weighted by molar-refractivity contribution is 0.00103. The van der Waals surface area contributed by atoms with Crippen LogP contribution in [0, 0.1) is 17.1 Å². The third-order valence-corrected chi connectivity index (χ3v) is 8.56. The molecule has 9 heteroatoms. The van der Waals surface area contributed by atoms with E-state index < -0.39 is 17.5 Å². The number of hydrogen-bond donors (Lipinski definition) is 0. The van der Waals surface area contributed by atoms with Gasteiger partial charge in [0.05, 0.1) is 17.7 Å². The molecule has 6 nitrogen and oxygen atoms in total. The molecule has 2 aliphatic rings. The Morgan fingerprint density at radius 2 is 1.83 bits per heavy atom. The zero-order valence-electron chi connectivity index (χ0n) is 23.4. The molecule has 0 radical (unpaired) electrons. The largest absolute Gasteiger partial charge is 0.481 e. The topological polar surface area (TPSA) is 65.8 Å². The van der Waals surface area contributed by atoms with Gasteiger partial charge in [0.2, 0.25) is 0 Å². The average molecular weight is 594 g/mol. The number of nitriles is 1. The zero-order valence-corrected chi connectivity index (χ0v) is 25.0. The number of fused-ring (bicyclic) bond motifs is 1. The molecule has 0 saturated carbocycles. The molecule has 3 aromatic rings. The third kappa shape index (κ3) is 6.98. The Bertz CT molecular complexity index is 1450. The van der Waals surface area contributed by atoms with Crippen molar-refractivity contribution in [3.05, 3.63) is 93.8 Å². The molecule has 0 bridgehead atoms. The molecular formula is C32H33ClFN3O3S. The first kappa shape index (κ1) is 29.2. The van der Waals surface area contributed by atoms with Crippen molar-refractivity contribution in [2.24, 2.45) is 0 Å². The summed E-state index contributed by atoms with van der Waals surface area (Å²) in [4.78, 5) is 17.4. The van der Waals surface area contributed by atoms with E-state index in [-0.39, 0.29) is 17.9 Å². The van der Waals surface area contributed by atoms with Crippen molar-refractivity contribution in [1.82, 2.24) is 9.80 Å². The molecule has 0 N–H and O–H groups in total. The summed E-state index contributed by atoms with van der Waals surface area (Å²) in [7, 11) is 0. The summed E-state index contributed by atoms with van der Waals surface area (Å²) < 4.78 is 27.3. The van der Waals surface area contributed by atoms with E-state index in [9.17, 15) is 10.1 Å². The average Bonchev–Trinajstić information content (AvgIpc) is 3.30. The number of carbonyl (C=O) groups is 1. The molecule has 1 saturated heterocycles. The van der Waals surface area contributed by atoms with E-state index in [1.165, 1.54) is 11.6 Å². The highest BCUT2D eigenvalue weighted by Gasteiger charge is 2.41. The highest BCUT2D eigenvalue weighted by atomic mass is 35.5. The number of piperazine rings is 1. The lowest BCUT2D eigenvalue weighted by Gasteiger charge is -2.40. The summed E-state index contributed by atoms with van der Waals surface area (Å²) in [6.07, 6.45) is -0.286. The fourth-order valence-corrected chi connectivity index (χ4v) is 6.44. The van der Waals surface area contributed by atoms with Gasteiger partial charge in [-0.15, -0.1) is 11.8 Å². The van der Waals surface area contributed by atoms with Crippen molar-refractivity contribution < 1.29 is 18.7 Å². The minimum absolute atomic E-state index is 0.150. The van der Waals surface area contributed by atoms with Gasteiger partial charge in [0.1, 0.15) is 11.7 Å². The summed E-state index contributed by atoms with van der Waals surface area (Å²) in [5.41, 5.74) is 2.78. The Labute approximate surface area is 250 Å². The molecule has 1 fully saturated rings. The van der Waals surface area contributed by atoms with Crippen molar-refractivity contribution in [3.63, 3.8) is 0 Å². The smallest absolute Gasteiger partial charge is 0.410 e. The predicted molar refractivity (Wildman–Crippen MR) is 159 cm³/mol.